The van der Waals surface area contributed by atoms with Crippen LogP contribution in [0.15, 0.2) is 47.7 Å². The maximum absolute atomic E-state index is 5.15. The third kappa shape index (κ3) is 5.82. The number of rotatable bonds is 7. The van der Waals surface area contributed by atoms with Gasteiger partial charge in [-0.15, -0.1) is 24.0 Å². The number of nitrogens with one attached hydrogen (secondary N) is 2. The molecule has 31 heavy (non-hydrogen) atoms. The van der Waals surface area contributed by atoms with E-state index in [0.29, 0.717) is 13.2 Å². The Hall–Kier alpha value is -2.47. The smallest absolute Gasteiger partial charge is 0.191 e. The predicted octanol–water partition coefficient (Wildman–Crippen LogP) is 2.30. The maximum Gasteiger partial charge on any atom is 0.191 e. The van der Waals surface area contributed by atoms with Gasteiger partial charge in [-0.25, -0.2) is 19.3 Å². The first-order valence-electron chi connectivity index (χ1n) is 10.3. The Morgan fingerprint density at radius 2 is 2.16 bits per heavy atom. The number of hydrogen-bond donors (Lipinski definition) is 2. The number of benzene rings is 1. The van der Waals surface area contributed by atoms with Crippen molar-refractivity contribution >= 4 is 29.9 Å². The Morgan fingerprint density at radius 1 is 1.29 bits per heavy atom. The molecule has 10 heteroatoms. The zero-order chi connectivity index (χ0) is 20.8. The molecule has 0 saturated heterocycles. The fraction of sp³-hybridized carbons (Fsp3) is 0.429. The van der Waals surface area contributed by atoms with E-state index in [9.17, 15) is 0 Å². The van der Waals surface area contributed by atoms with E-state index in [-0.39, 0.29) is 30.0 Å². The minimum absolute atomic E-state index is 0. The van der Waals surface area contributed by atoms with Crippen LogP contribution in [0.4, 0.5) is 0 Å². The van der Waals surface area contributed by atoms with E-state index >= 15 is 0 Å². The lowest BCUT2D eigenvalue weighted by atomic mass is 10.1. The zero-order valence-electron chi connectivity index (χ0n) is 17.9. The number of aryl methyl sites for hydroxylation is 1. The molecule has 2 aromatic heterocycles. The second-order valence-corrected chi connectivity index (χ2v) is 7.21. The highest BCUT2D eigenvalue weighted by atomic mass is 127. The molecule has 0 amide bonds. The molecule has 9 nitrogen and oxygen atoms in total. The van der Waals surface area contributed by atoms with Crippen LogP contribution < -0.4 is 10.6 Å². The van der Waals surface area contributed by atoms with E-state index in [1.807, 2.05) is 33.8 Å². The first kappa shape index (κ1) is 23.2. The molecule has 3 aromatic rings. The van der Waals surface area contributed by atoms with Gasteiger partial charge in [0.25, 0.3) is 0 Å². The van der Waals surface area contributed by atoms with Gasteiger partial charge in [0.1, 0.15) is 12.4 Å². The third-order valence-electron chi connectivity index (χ3n) is 5.01. The van der Waals surface area contributed by atoms with Crippen LogP contribution in [0, 0.1) is 0 Å². The van der Waals surface area contributed by atoms with Gasteiger partial charge in [0, 0.05) is 38.5 Å². The monoisotopic (exact) mass is 536 g/mol. The molecule has 1 aromatic carbocycles. The Bertz CT molecular complexity index is 985. The zero-order valence-corrected chi connectivity index (χ0v) is 20.2. The normalized spacial score (nSPS) is 15.8. The van der Waals surface area contributed by atoms with E-state index in [1.165, 1.54) is 0 Å². The van der Waals surface area contributed by atoms with Gasteiger partial charge in [0.2, 0.25) is 0 Å². The molecule has 1 unspecified atom stereocenters. The van der Waals surface area contributed by atoms with Gasteiger partial charge < -0.3 is 15.4 Å². The molecule has 166 valence electrons. The summed E-state index contributed by atoms with van der Waals surface area (Å²) in [7, 11) is 1.66. The molecule has 0 fully saturated rings. The summed E-state index contributed by atoms with van der Waals surface area (Å²) < 4.78 is 9.00. The molecule has 1 aliphatic heterocycles. The molecule has 0 spiro atoms. The number of hydrogen-bond acceptors (Lipinski definition) is 5. The molecular formula is C21H29IN8O. The van der Waals surface area contributed by atoms with Crippen LogP contribution in [0.1, 0.15) is 30.6 Å². The molecule has 1 atom stereocenters. The molecule has 1 aliphatic rings. The lowest BCUT2D eigenvalue weighted by molar-refractivity contribution is 0.177. The number of halogens is 1. The van der Waals surface area contributed by atoms with Crippen molar-refractivity contribution in [2.45, 2.75) is 45.5 Å². The van der Waals surface area contributed by atoms with Crippen LogP contribution in [-0.4, -0.2) is 50.2 Å². The van der Waals surface area contributed by atoms with Crippen LogP contribution in [0.3, 0.4) is 0 Å². The first-order chi connectivity index (χ1) is 14.8. The average molecular weight is 536 g/mol. The number of methoxy groups -OCH3 is 1. The number of aromatic nitrogens is 5. The van der Waals surface area contributed by atoms with Crippen molar-refractivity contribution in [3.05, 3.63) is 59.9 Å². The van der Waals surface area contributed by atoms with E-state index in [4.69, 9.17) is 9.73 Å². The standard InChI is InChI=1S/C21H28N8O.HI/c1-3-22-21(23-13-16-7-4-5-8-18(16)28-12-6-11-24-28)25-17-9-10-20-26-19(15-30-2)27-29(20)14-17;/h4-8,11-12,17H,3,9-10,13-15H2,1-2H3,(H2,22,23,25);1H. The summed E-state index contributed by atoms with van der Waals surface area (Å²) >= 11 is 0. The number of ether oxygens (including phenoxy) is 1. The predicted molar refractivity (Wildman–Crippen MR) is 130 cm³/mol. The summed E-state index contributed by atoms with van der Waals surface area (Å²) in [4.78, 5) is 9.37. The molecule has 0 saturated carbocycles. The van der Waals surface area contributed by atoms with Crippen molar-refractivity contribution in [1.82, 2.24) is 35.2 Å². The molecular weight excluding hydrogens is 507 g/mol. The van der Waals surface area contributed by atoms with E-state index in [0.717, 1.165) is 54.8 Å². The fourth-order valence-electron chi connectivity index (χ4n) is 3.63. The van der Waals surface area contributed by atoms with Gasteiger partial charge in [-0.1, -0.05) is 18.2 Å². The fourth-order valence-corrected chi connectivity index (χ4v) is 3.63. The lowest BCUT2D eigenvalue weighted by Gasteiger charge is -2.25. The van der Waals surface area contributed by atoms with Crippen LogP contribution in [0.5, 0.6) is 0 Å². The Kier molecular flexibility index (Phi) is 8.41. The highest BCUT2D eigenvalue weighted by Gasteiger charge is 2.22. The maximum atomic E-state index is 5.15. The van der Waals surface area contributed by atoms with Gasteiger partial charge in [-0.05, 0) is 31.0 Å². The van der Waals surface area contributed by atoms with Crippen LogP contribution in [-0.2, 0) is 30.9 Å². The van der Waals surface area contributed by atoms with Crippen LogP contribution in [0.25, 0.3) is 5.69 Å². The Morgan fingerprint density at radius 3 is 2.94 bits per heavy atom. The van der Waals surface area contributed by atoms with Crippen molar-refractivity contribution in [2.75, 3.05) is 13.7 Å². The largest absolute Gasteiger partial charge is 0.377 e. The van der Waals surface area contributed by atoms with Gasteiger partial charge in [-0.3, -0.25) is 0 Å². The highest BCUT2D eigenvalue weighted by Crippen LogP contribution is 2.15. The summed E-state index contributed by atoms with van der Waals surface area (Å²) in [6.45, 7) is 4.64. The highest BCUT2D eigenvalue weighted by molar-refractivity contribution is 14.0. The SMILES string of the molecule is CCNC(=NCc1ccccc1-n1cccn1)NC1CCc2nc(COC)nn2C1.I. The third-order valence-corrected chi connectivity index (χ3v) is 5.01. The van der Waals surface area contributed by atoms with Crippen LogP contribution in [0.2, 0.25) is 0 Å². The quantitative estimate of drug-likeness (QED) is 0.274. The van der Waals surface area contributed by atoms with Crippen molar-refractivity contribution < 1.29 is 4.74 Å². The van der Waals surface area contributed by atoms with E-state index < -0.39 is 0 Å². The minimum atomic E-state index is 0. The second kappa shape index (κ2) is 11.2. The average Bonchev–Trinajstić information content (AvgIpc) is 3.42. The summed E-state index contributed by atoms with van der Waals surface area (Å²) in [5, 5.41) is 15.8. The number of nitrogens with zero attached hydrogens (tertiary/aromatic N) is 6. The number of para-hydroxylation sites is 1. The Balaban J connectivity index is 0.00000272. The first-order valence-corrected chi connectivity index (χ1v) is 10.3. The second-order valence-electron chi connectivity index (χ2n) is 7.21. The van der Waals surface area contributed by atoms with Crippen molar-refractivity contribution in [1.29, 1.82) is 0 Å². The molecule has 0 bridgehead atoms. The van der Waals surface area contributed by atoms with Crippen molar-refractivity contribution in [3.63, 3.8) is 0 Å². The number of guanidine groups is 1. The van der Waals surface area contributed by atoms with E-state index in [1.54, 1.807) is 13.3 Å². The van der Waals surface area contributed by atoms with Gasteiger partial charge in [0.05, 0.1) is 18.8 Å². The molecule has 4 rings (SSSR count). The topological polar surface area (TPSA) is 94.2 Å². The van der Waals surface area contributed by atoms with Crippen molar-refractivity contribution in [3.8, 4) is 5.69 Å². The molecule has 2 N–H and O–H groups in total. The van der Waals surface area contributed by atoms with Crippen LogP contribution >= 0.6 is 24.0 Å². The molecule has 3 heterocycles. The summed E-state index contributed by atoms with van der Waals surface area (Å²) in [5.41, 5.74) is 2.16. The number of aliphatic imine (C=N–C) groups is 1. The summed E-state index contributed by atoms with van der Waals surface area (Å²) in [6.07, 6.45) is 5.60. The minimum Gasteiger partial charge on any atom is -0.377 e. The van der Waals surface area contributed by atoms with Gasteiger partial charge in [0.15, 0.2) is 11.8 Å². The number of fused-ring (bicyclic) bond motifs is 1. The summed E-state index contributed by atoms with van der Waals surface area (Å²) in [6, 6.07) is 10.4. The van der Waals surface area contributed by atoms with Crippen molar-refractivity contribution in [2.24, 2.45) is 4.99 Å². The summed E-state index contributed by atoms with van der Waals surface area (Å²) in [5.74, 6) is 2.57. The molecule has 0 aliphatic carbocycles. The van der Waals surface area contributed by atoms with Gasteiger partial charge >= 0.3 is 0 Å². The Labute approximate surface area is 199 Å². The lowest BCUT2D eigenvalue weighted by Crippen LogP contribution is -2.47. The van der Waals surface area contributed by atoms with Gasteiger partial charge in [-0.2, -0.15) is 10.2 Å². The van der Waals surface area contributed by atoms with E-state index in [2.05, 4.69) is 44.9 Å². The molecule has 0 radical (unpaired) electrons.